The number of nitrogen functional groups attached to an aromatic ring is 1. The molecule has 0 bridgehead atoms. The Morgan fingerprint density at radius 2 is 2.06 bits per heavy atom. The molecule has 0 aliphatic carbocycles. The van der Waals surface area contributed by atoms with Crippen molar-refractivity contribution in [2.75, 3.05) is 12.3 Å². The van der Waals surface area contributed by atoms with Gasteiger partial charge in [-0.3, -0.25) is 0 Å². The van der Waals surface area contributed by atoms with Gasteiger partial charge in [0.2, 0.25) is 10.0 Å². The highest BCUT2D eigenvalue weighted by molar-refractivity contribution is 7.89. The number of halogens is 1. The van der Waals surface area contributed by atoms with E-state index in [2.05, 4.69) is 11.3 Å². The van der Waals surface area contributed by atoms with E-state index in [9.17, 15) is 8.42 Å². The third-order valence-electron chi connectivity index (χ3n) is 2.43. The topological polar surface area (TPSA) is 72.2 Å². The summed E-state index contributed by atoms with van der Waals surface area (Å²) >= 11 is 5.52. The third kappa shape index (κ3) is 3.21. The zero-order valence-corrected chi connectivity index (χ0v) is 11.3. The molecule has 1 aromatic carbocycles. The molecule has 94 valence electrons. The fraction of sp³-hybridized carbons (Fsp3) is 0.273. The van der Waals surface area contributed by atoms with Crippen LogP contribution in [0.25, 0.3) is 0 Å². The second-order valence-corrected chi connectivity index (χ2v) is 6.03. The molecule has 0 heterocycles. The average Bonchev–Trinajstić information content (AvgIpc) is 2.23. The van der Waals surface area contributed by atoms with Crippen LogP contribution in [0.4, 0.5) is 5.69 Å². The highest BCUT2D eigenvalue weighted by atomic mass is 35.5. The Bertz CT molecular complexity index is 553. The Labute approximate surface area is 107 Å². The van der Waals surface area contributed by atoms with E-state index in [1.807, 2.05) is 6.92 Å². The van der Waals surface area contributed by atoms with Crippen molar-refractivity contribution in [3.05, 3.63) is 34.9 Å². The van der Waals surface area contributed by atoms with Crippen molar-refractivity contribution in [3.8, 4) is 0 Å². The van der Waals surface area contributed by atoms with Gasteiger partial charge < -0.3 is 5.73 Å². The number of benzene rings is 1. The number of hydrogen-bond donors (Lipinski definition) is 2. The molecule has 0 aliphatic rings. The van der Waals surface area contributed by atoms with Gasteiger partial charge in [-0.25, -0.2) is 13.1 Å². The first-order chi connectivity index (χ1) is 7.75. The van der Waals surface area contributed by atoms with E-state index in [1.54, 1.807) is 13.0 Å². The van der Waals surface area contributed by atoms with Gasteiger partial charge >= 0.3 is 0 Å². The van der Waals surface area contributed by atoms with Crippen LogP contribution in [0.3, 0.4) is 0 Å². The van der Waals surface area contributed by atoms with E-state index < -0.39 is 10.0 Å². The summed E-state index contributed by atoms with van der Waals surface area (Å²) in [6, 6.07) is 3.20. The SMILES string of the molecule is C=C(Cl)CNS(=O)(=O)c1ccc(C)c(N)c1C. The van der Waals surface area contributed by atoms with Crippen LogP contribution in [-0.2, 0) is 10.0 Å². The molecule has 6 heteroatoms. The minimum Gasteiger partial charge on any atom is -0.398 e. The van der Waals surface area contributed by atoms with Crippen molar-refractivity contribution in [3.63, 3.8) is 0 Å². The fourth-order valence-electron chi connectivity index (χ4n) is 1.39. The Balaban J connectivity index is 3.16. The Morgan fingerprint density at radius 1 is 1.47 bits per heavy atom. The Hall–Kier alpha value is -1.04. The standard InChI is InChI=1S/C11H15ClN2O2S/c1-7-4-5-10(9(3)11(7)13)17(15,16)14-6-8(2)12/h4-5,14H,2,6,13H2,1,3H3. The summed E-state index contributed by atoms with van der Waals surface area (Å²) in [6.45, 7) is 6.92. The van der Waals surface area contributed by atoms with Gasteiger partial charge in [0.25, 0.3) is 0 Å². The molecule has 3 N–H and O–H groups in total. The van der Waals surface area contributed by atoms with Gasteiger partial charge in [-0.05, 0) is 31.0 Å². The monoisotopic (exact) mass is 274 g/mol. The lowest BCUT2D eigenvalue weighted by Crippen LogP contribution is -2.25. The van der Waals surface area contributed by atoms with Crippen LogP contribution in [0.2, 0.25) is 0 Å². The number of anilines is 1. The summed E-state index contributed by atoms with van der Waals surface area (Å²) in [6.07, 6.45) is 0. The lowest BCUT2D eigenvalue weighted by Gasteiger charge is -2.12. The van der Waals surface area contributed by atoms with Gasteiger partial charge in [0, 0.05) is 17.3 Å². The van der Waals surface area contributed by atoms with Gasteiger partial charge in [-0.2, -0.15) is 0 Å². The number of aryl methyl sites for hydroxylation is 1. The zero-order chi connectivity index (χ0) is 13.2. The Morgan fingerprint density at radius 3 is 2.59 bits per heavy atom. The molecule has 0 saturated heterocycles. The number of nitrogens with two attached hydrogens (primary N) is 1. The normalized spacial score (nSPS) is 11.5. The molecule has 0 unspecified atom stereocenters. The van der Waals surface area contributed by atoms with E-state index in [1.165, 1.54) is 6.07 Å². The van der Waals surface area contributed by atoms with Crippen LogP contribution >= 0.6 is 11.6 Å². The summed E-state index contributed by atoms with van der Waals surface area (Å²) in [5.41, 5.74) is 7.67. The lowest BCUT2D eigenvalue weighted by atomic mass is 10.1. The smallest absolute Gasteiger partial charge is 0.241 e. The molecule has 0 amide bonds. The van der Waals surface area contributed by atoms with Gasteiger partial charge in [-0.15, -0.1) is 0 Å². The van der Waals surface area contributed by atoms with Crippen molar-refractivity contribution < 1.29 is 8.42 Å². The predicted octanol–water partition coefficient (Wildman–Crippen LogP) is 1.92. The molecule has 1 aromatic rings. The minimum atomic E-state index is -3.60. The van der Waals surface area contributed by atoms with E-state index in [0.717, 1.165) is 5.56 Å². The fourth-order valence-corrected chi connectivity index (χ4v) is 2.81. The van der Waals surface area contributed by atoms with Crippen molar-refractivity contribution >= 4 is 27.3 Å². The molecule has 0 fully saturated rings. The molecule has 0 aliphatic heterocycles. The highest BCUT2D eigenvalue weighted by Gasteiger charge is 2.18. The number of hydrogen-bond acceptors (Lipinski definition) is 3. The largest absolute Gasteiger partial charge is 0.398 e. The molecule has 0 saturated carbocycles. The zero-order valence-electron chi connectivity index (χ0n) is 9.75. The number of sulfonamides is 1. The molecule has 0 spiro atoms. The first-order valence-electron chi connectivity index (χ1n) is 4.94. The molecule has 0 aromatic heterocycles. The third-order valence-corrected chi connectivity index (χ3v) is 4.11. The summed E-state index contributed by atoms with van der Waals surface area (Å²) in [5, 5.41) is 0.228. The maximum atomic E-state index is 12.0. The van der Waals surface area contributed by atoms with Gasteiger partial charge in [0.1, 0.15) is 0 Å². The molecular formula is C11H15ClN2O2S. The van der Waals surface area contributed by atoms with Crippen LogP contribution in [-0.4, -0.2) is 15.0 Å². The first kappa shape index (κ1) is 14.0. The highest BCUT2D eigenvalue weighted by Crippen LogP contribution is 2.23. The molecule has 4 nitrogen and oxygen atoms in total. The van der Waals surface area contributed by atoms with Crippen LogP contribution in [0.1, 0.15) is 11.1 Å². The van der Waals surface area contributed by atoms with Gasteiger partial charge in [0.15, 0.2) is 0 Å². The lowest BCUT2D eigenvalue weighted by molar-refractivity contribution is 0.585. The van der Waals surface area contributed by atoms with E-state index in [0.29, 0.717) is 11.3 Å². The van der Waals surface area contributed by atoms with E-state index >= 15 is 0 Å². The van der Waals surface area contributed by atoms with Crippen LogP contribution in [0.5, 0.6) is 0 Å². The molecule has 0 radical (unpaired) electrons. The molecule has 0 atom stereocenters. The molecule has 17 heavy (non-hydrogen) atoms. The first-order valence-corrected chi connectivity index (χ1v) is 6.80. The van der Waals surface area contributed by atoms with E-state index in [-0.39, 0.29) is 16.5 Å². The van der Waals surface area contributed by atoms with Crippen LogP contribution in [0, 0.1) is 13.8 Å². The van der Waals surface area contributed by atoms with Crippen LogP contribution < -0.4 is 10.5 Å². The summed E-state index contributed by atoms with van der Waals surface area (Å²) in [5.74, 6) is 0. The Kier molecular flexibility index (Phi) is 4.19. The molecule has 1 rings (SSSR count). The summed E-state index contributed by atoms with van der Waals surface area (Å²) < 4.78 is 26.3. The van der Waals surface area contributed by atoms with E-state index in [4.69, 9.17) is 17.3 Å². The summed E-state index contributed by atoms with van der Waals surface area (Å²) in [4.78, 5) is 0.165. The maximum Gasteiger partial charge on any atom is 0.241 e. The average molecular weight is 275 g/mol. The van der Waals surface area contributed by atoms with Crippen molar-refractivity contribution in [1.82, 2.24) is 4.72 Å². The predicted molar refractivity (Wildman–Crippen MR) is 70.5 cm³/mol. The number of rotatable bonds is 4. The van der Waals surface area contributed by atoms with Gasteiger partial charge in [-0.1, -0.05) is 24.2 Å². The van der Waals surface area contributed by atoms with Crippen molar-refractivity contribution in [1.29, 1.82) is 0 Å². The van der Waals surface area contributed by atoms with Gasteiger partial charge in [0.05, 0.1) is 4.90 Å². The van der Waals surface area contributed by atoms with Crippen molar-refractivity contribution in [2.24, 2.45) is 0 Å². The quantitative estimate of drug-likeness (QED) is 0.824. The number of nitrogens with one attached hydrogen (secondary N) is 1. The second kappa shape index (κ2) is 5.08. The summed E-state index contributed by atoms with van der Waals surface area (Å²) in [7, 11) is -3.60. The maximum absolute atomic E-state index is 12.0. The van der Waals surface area contributed by atoms with Crippen LogP contribution in [0.15, 0.2) is 28.6 Å². The minimum absolute atomic E-state index is 0.00287. The molecular weight excluding hydrogens is 260 g/mol. The second-order valence-electron chi connectivity index (χ2n) is 3.76. The van der Waals surface area contributed by atoms with Crippen molar-refractivity contribution in [2.45, 2.75) is 18.7 Å².